The summed E-state index contributed by atoms with van der Waals surface area (Å²) in [4.78, 5) is 26.0. The first-order valence-electron chi connectivity index (χ1n) is 7.81. The Morgan fingerprint density at radius 3 is 2.54 bits per heavy atom. The van der Waals surface area contributed by atoms with Gasteiger partial charge in [-0.1, -0.05) is 12.1 Å². The number of benzene rings is 2. The number of alkyl halides is 3. The zero-order chi connectivity index (χ0) is 18.9. The maximum Gasteiger partial charge on any atom is 0.416 e. The molecule has 2 aromatic carbocycles. The molecule has 136 valence electrons. The van der Waals surface area contributed by atoms with Crippen LogP contribution in [0.5, 0.6) is 0 Å². The van der Waals surface area contributed by atoms with E-state index < -0.39 is 35.3 Å². The molecular formula is C18H14F4N2O2. The van der Waals surface area contributed by atoms with Gasteiger partial charge in [0, 0.05) is 17.9 Å². The van der Waals surface area contributed by atoms with Crippen molar-refractivity contribution in [1.82, 2.24) is 0 Å². The van der Waals surface area contributed by atoms with Crippen molar-refractivity contribution in [3.63, 3.8) is 0 Å². The highest BCUT2D eigenvalue weighted by Crippen LogP contribution is 2.31. The van der Waals surface area contributed by atoms with Gasteiger partial charge in [0.1, 0.15) is 11.7 Å². The average Bonchev–Trinajstić information content (AvgIpc) is 2.96. The number of carbonyl (C=O) groups excluding carboxylic acids is 2. The van der Waals surface area contributed by atoms with Gasteiger partial charge in [-0.15, -0.1) is 0 Å². The molecule has 1 atom stereocenters. The summed E-state index contributed by atoms with van der Waals surface area (Å²) in [6.45, 7) is 0.225. The molecule has 0 aromatic heterocycles. The van der Waals surface area contributed by atoms with Crippen molar-refractivity contribution >= 4 is 23.2 Å². The fraction of sp³-hybridized carbons (Fsp3) is 0.222. The molecule has 0 aliphatic carbocycles. The van der Waals surface area contributed by atoms with Crippen LogP contribution in [0.2, 0.25) is 0 Å². The van der Waals surface area contributed by atoms with Gasteiger partial charge in [-0.2, -0.15) is 13.2 Å². The second-order valence-corrected chi connectivity index (χ2v) is 5.88. The molecule has 8 heteroatoms. The molecule has 1 saturated heterocycles. The fourth-order valence-electron chi connectivity index (χ4n) is 2.83. The molecule has 0 bridgehead atoms. The van der Waals surface area contributed by atoms with Crippen molar-refractivity contribution in [2.75, 3.05) is 16.8 Å². The van der Waals surface area contributed by atoms with E-state index in [1.165, 1.54) is 35.2 Å². The molecule has 2 amide bonds. The normalized spacial score (nSPS) is 17.5. The molecule has 1 unspecified atom stereocenters. The largest absolute Gasteiger partial charge is 0.416 e. The number of rotatable bonds is 3. The number of nitrogens with one attached hydrogen (secondary N) is 1. The minimum absolute atomic E-state index is 0.0400. The van der Waals surface area contributed by atoms with Crippen LogP contribution in [-0.4, -0.2) is 18.4 Å². The van der Waals surface area contributed by atoms with Gasteiger partial charge < -0.3 is 10.2 Å². The fourth-order valence-corrected chi connectivity index (χ4v) is 2.83. The van der Waals surface area contributed by atoms with Crippen LogP contribution < -0.4 is 10.2 Å². The van der Waals surface area contributed by atoms with Crippen LogP contribution in [0.1, 0.15) is 12.0 Å². The third kappa shape index (κ3) is 3.68. The Balaban J connectivity index is 1.72. The number of hydrogen-bond acceptors (Lipinski definition) is 2. The monoisotopic (exact) mass is 366 g/mol. The Kier molecular flexibility index (Phi) is 4.67. The first-order chi connectivity index (χ1) is 12.3. The Morgan fingerprint density at radius 1 is 1.12 bits per heavy atom. The number of halogens is 4. The molecule has 1 heterocycles. The van der Waals surface area contributed by atoms with Crippen LogP contribution in [0.15, 0.2) is 48.5 Å². The van der Waals surface area contributed by atoms with Crippen molar-refractivity contribution in [3.8, 4) is 0 Å². The first kappa shape index (κ1) is 17.9. The number of hydrogen-bond donors (Lipinski definition) is 1. The van der Waals surface area contributed by atoms with Crippen molar-refractivity contribution < 1.29 is 27.2 Å². The van der Waals surface area contributed by atoms with E-state index in [9.17, 15) is 27.2 Å². The van der Waals surface area contributed by atoms with E-state index >= 15 is 0 Å². The molecule has 0 spiro atoms. The number of anilines is 2. The summed E-state index contributed by atoms with van der Waals surface area (Å²) in [5, 5.41) is 2.35. The van der Waals surface area contributed by atoms with Crippen molar-refractivity contribution in [3.05, 3.63) is 59.9 Å². The second-order valence-electron chi connectivity index (χ2n) is 5.88. The topological polar surface area (TPSA) is 49.4 Å². The number of nitrogens with zero attached hydrogens (tertiary/aromatic N) is 1. The van der Waals surface area contributed by atoms with E-state index in [1.807, 2.05) is 0 Å². The van der Waals surface area contributed by atoms with E-state index in [-0.39, 0.29) is 18.7 Å². The molecule has 1 fully saturated rings. The van der Waals surface area contributed by atoms with Gasteiger partial charge >= 0.3 is 6.18 Å². The SMILES string of the molecule is O=C(Nc1cccc(C(F)(F)F)c1)C1CCN(c2cccc(F)c2)C1=O. The Bertz CT molecular complexity index is 851. The molecule has 0 radical (unpaired) electrons. The lowest BCUT2D eigenvalue weighted by molar-refractivity contribution is -0.137. The lowest BCUT2D eigenvalue weighted by Gasteiger charge is -2.17. The lowest BCUT2D eigenvalue weighted by atomic mass is 10.1. The maximum atomic E-state index is 13.3. The van der Waals surface area contributed by atoms with E-state index in [4.69, 9.17) is 0 Å². The predicted octanol–water partition coefficient (Wildman–Crippen LogP) is 3.84. The molecule has 1 N–H and O–H groups in total. The number of carbonyl (C=O) groups is 2. The average molecular weight is 366 g/mol. The standard InChI is InChI=1S/C18H14F4N2O2/c19-12-4-2-6-14(10-12)24-8-7-15(17(24)26)16(25)23-13-5-1-3-11(9-13)18(20,21)22/h1-6,9-10,15H,7-8H2,(H,23,25). The number of amides is 2. The highest BCUT2D eigenvalue weighted by molar-refractivity contribution is 6.13. The quantitative estimate of drug-likeness (QED) is 0.663. The van der Waals surface area contributed by atoms with Gasteiger partial charge in [0.25, 0.3) is 0 Å². The zero-order valence-corrected chi connectivity index (χ0v) is 13.4. The van der Waals surface area contributed by atoms with E-state index in [2.05, 4.69) is 5.32 Å². The summed E-state index contributed by atoms with van der Waals surface area (Å²) in [6.07, 6.45) is -4.34. The third-order valence-corrected chi connectivity index (χ3v) is 4.10. The molecule has 0 saturated carbocycles. The molecule has 4 nitrogen and oxygen atoms in total. The molecule has 2 aromatic rings. The summed E-state index contributed by atoms with van der Waals surface area (Å²) in [7, 11) is 0. The van der Waals surface area contributed by atoms with E-state index in [1.54, 1.807) is 6.07 Å². The maximum absolute atomic E-state index is 13.3. The van der Waals surface area contributed by atoms with Crippen molar-refractivity contribution in [2.24, 2.45) is 5.92 Å². The second kappa shape index (κ2) is 6.78. The minimum Gasteiger partial charge on any atom is -0.325 e. The van der Waals surface area contributed by atoms with Crippen molar-refractivity contribution in [2.45, 2.75) is 12.6 Å². The van der Waals surface area contributed by atoms with Gasteiger partial charge in [-0.05, 0) is 42.8 Å². The molecule has 1 aliphatic heterocycles. The van der Waals surface area contributed by atoms with Crippen LogP contribution in [-0.2, 0) is 15.8 Å². The van der Waals surface area contributed by atoms with Crippen LogP contribution in [0, 0.1) is 11.7 Å². The van der Waals surface area contributed by atoms with Gasteiger partial charge in [0.2, 0.25) is 11.8 Å². The Labute approximate surface area is 146 Å². The van der Waals surface area contributed by atoms with Gasteiger partial charge in [-0.25, -0.2) is 4.39 Å². The van der Waals surface area contributed by atoms with Crippen molar-refractivity contribution in [1.29, 1.82) is 0 Å². The molecule has 26 heavy (non-hydrogen) atoms. The van der Waals surface area contributed by atoms with E-state index in [0.29, 0.717) is 5.69 Å². The summed E-state index contributed by atoms with van der Waals surface area (Å²) >= 11 is 0. The summed E-state index contributed by atoms with van der Waals surface area (Å²) < 4.78 is 51.5. The molecular weight excluding hydrogens is 352 g/mol. The van der Waals surface area contributed by atoms with Gasteiger partial charge in [0.15, 0.2) is 0 Å². The van der Waals surface area contributed by atoms with Gasteiger partial charge in [0.05, 0.1) is 5.56 Å². The lowest BCUT2D eigenvalue weighted by Crippen LogP contribution is -2.33. The first-order valence-corrected chi connectivity index (χ1v) is 7.81. The molecule has 3 rings (SSSR count). The van der Waals surface area contributed by atoms with Crippen LogP contribution in [0.4, 0.5) is 28.9 Å². The minimum atomic E-state index is -4.53. The Hall–Kier alpha value is -2.90. The Morgan fingerprint density at radius 2 is 1.85 bits per heavy atom. The smallest absolute Gasteiger partial charge is 0.325 e. The predicted molar refractivity (Wildman–Crippen MR) is 86.9 cm³/mol. The van der Waals surface area contributed by atoms with Crippen LogP contribution >= 0.6 is 0 Å². The molecule has 1 aliphatic rings. The summed E-state index contributed by atoms with van der Waals surface area (Å²) in [6, 6.07) is 9.61. The highest BCUT2D eigenvalue weighted by Gasteiger charge is 2.38. The summed E-state index contributed by atoms with van der Waals surface area (Å²) in [5.41, 5.74) is -0.597. The highest BCUT2D eigenvalue weighted by atomic mass is 19.4. The van der Waals surface area contributed by atoms with Crippen LogP contribution in [0.3, 0.4) is 0 Å². The third-order valence-electron chi connectivity index (χ3n) is 4.10. The summed E-state index contributed by atoms with van der Waals surface area (Å²) in [5.74, 6) is -2.74. The van der Waals surface area contributed by atoms with E-state index in [0.717, 1.165) is 12.1 Å². The van der Waals surface area contributed by atoms with Crippen LogP contribution in [0.25, 0.3) is 0 Å². The zero-order valence-electron chi connectivity index (χ0n) is 13.4. The van der Waals surface area contributed by atoms with Gasteiger partial charge in [-0.3, -0.25) is 9.59 Å².